The molecule has 2 heterocycles. The molecular formula is C42H70N12O16. The van der Waals surface area contributed by atoms with Gasteiger partial charge in [0.05, 0.1) is 37.8 Å². The quantitative estimate of drug-likeness (QED) is 0.0297. The van der Waals surface area contributed by atoms with Crippen molar-refractivity contribution in [3.63, 3.8) is 0 Å². The maximum Gasteiger partial charge on any atom is 0.326 e. The number of unbranched alkanes of at least 4 members (excludes halogenated alkanes) is 1. The van der Waals surface area contributed by atoms with Gasteiger partial charge in [-0.15, -0.1) is 0 Å². The molecule has 0 aromatic carbocycles. The number of hydrogen-bond donors (Lipinski definition) is 15. The third-order valence-electron chi connectivity index (χ3n) is 11.2. The molecule has 28 heteroatoms. The molecule has 2 aliphatic heterocycles. The van der Waals surface area contributed by atoms with Crippen molar-refractivity contribution in [3.05, 3.63) is 0 Å². The Labute approximate surface area is 403 Å². The van der Waals surface area contributed by atoms with Crippen LogP contribution in [-0.4, -0.2) is 190 Å². The molecule has 2 fully saturated rings. The van der Waals surface area contributed by atoms with Crippen LogP contribution in [0.2, 0.25) is 0 Å². The first-order valence-electron chi connectivity index (χ1n) is 23.0. The number of nitrogens with two attached hydrogens (primary N) is 2. The van der Waals surface area contributed by atoms with Crippen molar-refractivity contribution in [2.75, 3.05) is 32.7 Å². The molecule has 28 nitrogen and oxygen atoms in total. The van der Waals surface area contributed by atoms with Gasteiger partial charge in [0, 0.05) is 19.5 Å². The summed E-state index contributed by atoms with van der Waals surface area (Å²) in [7, 11) is 0. The van der Waals surface area contributed by atoms with Gasteiger partial charge in [0.15, 0.2) is 0 Å². The zero-order chi connectivity index (χ0) is 52.8. The van der Waals surface area contributed by atoms with Crippen molar-refractivity contribution in [2.24, 2.45) is 17.4 Å². The van der Waals surface area contributed by atoms with Crippen LogP contribution < -0.4 is 59.3 Å². The van der Waals surface area contributed by atoms with E-state index in [9.17, 15) is 78.0 Å². The van der Waals surface area contributed by atoms with Gasteiger partial charge < -0.3 is 84.6 Å². The van der Waals surface area contributed by atoms with E-state index >= 15 is 0 Å². The van der Waals surface area contributed by atoms with Gasteiger partial charge in [-0.1, -0.05) is 13.8 Å². The molecule has 0 aromatic rings. The lowest BCUT2D eigenvalue weighted by Crippen LogP contribution is -2.61. The minimum atomic E-state index is -1.96. The van der Waals surface area contributed by atoms with Crippen molar-refractivity contribution >= 4 is 71.0 Å². The Balaban J connectivity index is 2.10. The molecule has 0 aromatic heterocycles. The molecule has 0 unspecified atom stereocenters. The number of nitrogens with one attached hydrogen (secondary N) is 9. The number of nitrogens with zero attached hydrogens (tertiary/aromatic N) is 1. The fraction of sp³-hybridized carbons (Fsp3) is 0.714. The van der Waals surface area contributed by atoms with Crippen LogP contribution in [0, 0.1) is 5.92 Å². The summed E-state index contributed by atoms with van der Waals surface area (Å²) < 4.78 is 0. The molecule has 2 saturated heterocycles. The first-order valence-corrected chi connectivity index (χ1v) is 23.0. The Morgan fingerprint density at radius 3 is 1.93 bits per heavy atom. The van der Waals surface area contributed by atoms with Gasteiger partial charge in [0.1, 0.15) is 42.3 Å². The smallest absolute Gasteiger partial charge is 0.326 e. The van der Waals surface area contributed by atoms with Gasteiger partial charge >= 0.3 is 11.9 Å². The van der Waals surface area contributed by atoms with Crippen molar-refractivity contribution in [1.82, 2.24) is 52.8 Å². The molecule has 0 bridgehead atoms. The van der Waals surface area contributed by atoms with E-state index < -0.39 is 164 Å². The van der Waals surface area contributed by atoms with E-state index in [2.05, 4.69) is 47.9 Å². The van der Waals surface area contributed by atoms with E-state index in [1.807, 2.05) is 0 Å². The van der Waals surface area contributed by atoms with Crippen LogP contribution >= 0.6 is 0 Å². The summed E-state index contributed by atoms with van der Waals surface area (Å²) in [5.74, 6) is -12.2. The molecule has 10 atom stereocenters. The Kier molecular flexibility index (Phi) is 25.1. The fourth-order valence-electron chi connectivity index (χ4n) is 7.44. The lowest BCUT2D eigenvalue weighted by molar-refractivity contribution is -0.144. The standard InChI is InChI=1S/C42H70N12O16/c1-20(2)14-27(38(65)48-21(3)35(62)47-19-32(59)54-13-7-9-29(54)40(67)50-25(42(69)70)8-5-6-12-43)52-41(68)34(22(4)55)53-39(66)28(16-33(60)61)51-37(64)24(10-11-30(44)57)49-31(58)18-46-36(63)26-15-23(56)17-45-26/h20-29,34,45,55-56H,5-19,43H2,1-4H3,(H2,44,57)(H,46,63)(H,47,62)(H,48,65)(H,49,58)(H,50,67)(H,51,64)(H,52,68)(H,53,66)(H,60,61)(H,69,70)/t21-,22+,23+,24-,25-,26-,27-,28-,29-,34-/m0/s1. The average molecular weight is 999 g/mol. The van der Waals surface area contributed by atoms with Crippen molar-refractivity contribution in [1.29, 1.82) is 0 Å². The zero-order valence-electron chi connectivity index (χ0n) is 39.7. The zero-order valence-corrected chi connectivity index (χ0v) is 39.7. The second-order valence-electron chi connectivity index (χ2n) is 17.6. The molecule has 17 N–H and O–H groups in total. The number of amides is 10. The molecule has 10 amide bonds. The van der Waals surface area contributed by atoms with Gasteiger partial charge in [-0.2, -0.15) is 0 Å². The highest BCUT2D eigenvalue weighted by Gasteiger charge is 2.38. The second-order valence-corrected chi connectivity index (χ2v) is 17.6. The number of carboxylic acid groups (broad SMARTS) is 2. The summed E-state index contributed by atoms with van der Waals surface area (Å²) in [6.45, 7) is 5.21. The predicted octanol–water partition coefficient (Wildman–Crippen LogP) is -6.76. The summed E-state index contributed by atoms with van der Waals surface area (Å²) in [6.07, 6.45) is -2.54. The highest BCUT2D eigenvalue weighted by atomic mass is 16.4. The van der Waals surface area contributed by atoms with Gasteiger partial charge in [-0.25, -0.2) is 4.79 Å². The topological polar surface area (TPSA) is 449 Å². The number of likely N-dealkylation sites (tertiary alicyclic amines) is 1. The molecule has 394 valence electrons. The van der Waals surface area contributed by atoms with Gasteiger partial charge in [-0.3, -0.25) is 52.7 Å². The van der Waals surface area contributed by atoms with E-state index in [0.29, 0.717) is 25.8 Å². The minimum Gasteiger partial charge on any atom is -0.481 e. The van der Waals surface area contributed by atoms with E-state index in [1.165, 1.54) is 11.8 Å². The number of carbonyl (C=O) groups is 12. The molecule has 0 radical (unpaired) electrons. The van der Waals surface area contributed by atoms with Crippen LogP contribution in [0.4, 0.5) is 0 Å². The number of rotatable bonds is 30. The van der Waals surface area contributed by atoms with E-state index in [1.54, 1.807) is 13.8 Å². The number of aliphatic hydroxyl groups is 2. The Morgan fingerprint density at radius 1 is 0.714 bits per heavy atom. The lowest BCUT2D eigenvalue weighted by atomic mass is 10.0. The molecular weight excluding hydrogens is 929 g/mol. The first kappa shape index (κ1) is 59.6. The summed E-state index contributed by atoms with van der Waals surface area (Å²) in [4.78, 5) is 155. The van der Waals surface area contributed by atoms with Crippen LogP contribution in [0.5, 0.6) is 0 Å². The summed E-state index contributed by atoms with van der Waals surface area (Å²) in [5, 5.41) is 60.7. The monoisotopic (exact) mass is 999 g/mol. The summed E-state index contributed by atoms with van der Waals surface area (Å²) >= 11 is 0. The predicted molar refractivity (Wildman–Crippen MR) is 243 cm³/mol. The maximum absolute atomic E-state index is 13.6. The number of aliphatic hydroxyl groups excluding tert-OH is 2. The van der Waals surface area contributed by atoms with Crippen molar-refractivity contribution in [2.45, 2.75) is 152 Å². The molecule has 70 heavy (non-hydrogen) atoms. The van der Waals surface area contributed by atoms with E-state index in [4.69, 9.17) is 11.5 Å². The van der Waals surface area contributed by atoms with Crippen LogP contribution in [0.25, 0.3) is 0 Å². The van der Waals surface area contributed by atoms with Gasteiger partial charge in [-0.05, 0) is 77.7 Å². The third kappa shape index (κ3) is 20.6. The summed E-state index contributed by atoms with van der Waals surface area (Å²) in [5.41, 5.74) is 10.7. The molecule has 0 aliphatic carbocycles. The molecule has 2 aliphatic rings. The molecule has 2 rings (SSSR count). The Morgan fingerprint density at radius 2 is 1.36 bits per heavy atom. The fourth-order valence-corrected chi connectivity index (χ4v) is 7.44. The maximum atomic E-state index is 13.6. The van der Waals surface area contributed by atoms with Crippen molar-refractivity contribution < 1.29 is 78.0 Å². The first-order chi connectivity index (χ1) is 32.8. The largest absolute Gasteiger partial charge is 0.481 e. The normalized spacial score (nSPS) is 19.4. The molecule has 0 spiro atoms. The Bertz CT molecular complexity index is 1900. The lowest BCUT2D eigenvalue weighted by Gasteiger charge is -2.28. The van der Waals surface area contributed by atoms with E-state index in [0.717, 1.165) is 6.92 Å². The van der Waals surface area contributed by atoms with Gasteiger partial charge in [0.2, 0.25) is 59.1 Å². The highest BCUT2D eigenvalue weighted by Crippen LogP contribution is 2.18. The number of aliphatic carboxylic acids is 2. The van der Waals surface area contributed by atoms with Crippen molar-refractivity contribution in [3.8, 4) is 0 Å². The highest BCUT2D eigenvalue weighted by molar-refractivity contribution is 5.98. The number of β-amino-alcohol motifs (C(OH)–C–C–N with tert-alkyl or cyclic N) is 1. The van der Waals surface area contributed by atoms with E-state index in [-0.39, 0.29) is 44.7 Å². The average Bonchev–Trinajstić information content (AvgIpc) is 3.96. The Hall–Kier alpha value is -6.52. The number of hydrogen-bond acceptors (Lipinski definition) is 16. The van der Waals surface area contributed by atoms with Crippen LogP contribution in [0.3, 0.4) is 0 Å². The summed E-state index contributed by atoms with van der Waals surface area (Å²) in [6, 6.07) is -11.1. The SMILES string of the molecule is CC(C)C[C@H](NC(=O)[C@@H](NC(=O)[C@H](CC(=O)O)NC(=O)[C@H](CCC(N)=O)NC(=O)CNC(=O)[C@@H]1C[C@@H](O)CN1)[C@@H](C)O)C(=O)N[C@@H](C)C(=O)NCC(=O)N1CCC[C@H]1C(=O)N[C@@H](CCCCN)C(=O)O. The second kappa shape index (κ2) is 29.5. The third-order valence-corrected chi connectivity index (χ3v) is 11.2. The van der Waals surface area contributed by atoms with Crippen LogP contribution in [-0.2, 0) is 57.5 Å². The number of primary amides is 1. The van der Waals surface area contributed by atoms with Gasteiger partial charge in [0.25, 0.3) is 0 Å². The van der Waals surface area contributed by atoms with Crippen LogP contribution in [0.15, 0.2) is 0 Å². The van der Waals surface area contributed by atoms with Crippen LogP contribution in [0.1, 0.15) is 91.9 Å². The minimum absolute atomic E-state index is 0.0422. The number of carbonyl (C=O) groups excluding carboxylic acids is 10. The number of carboxylic acids is 2. The molecule has 0 saturated carbocycles.